The average Bonchev–Trinajstić information content (AvgIpc) is 2.52. The Morgan fingerprint density at radius 2 is 1.82 bits per heavy atom. The summed E-state index contributed by atoms with van der Waals surface area (Å²) in [4.78, 5) is 0. The van der Waals surface area contributed by atoms with Gasteiger partial charge in [0.05, 0.1) is 10.0 Å². The van der Waals surface area contributed by atoms with Crippen LogP contribution in [0.25, 0.3) is 0 Å². The molecule has 2 aromatic carbocycles. The molecule has 1 N–H and O–H groups in total. The standard InChI is InChI=1S/C18H19Cl2NO/c1-3-9-22-18-16(19)10-14(11-17(18)20)12-21-13(2)15-7-5-4-6-8-15/h3-8,10-11,13,21H,1,9,12H2,2H3. The molecule has 0 heterocycles. The van der Waals surface area contributed by atoms with Gasteiger partial charge in [-0.1, -0.05) is 66.2 Å². The van der Waals surface area contributed by atoms with Crippen molar-refractivity contribution in [3.05, 3.63) is 76.3 Å². The molecule has 0 bridgehead atoms. The van der Waals surface area contributed by atoms with E-state index in [9.17, 15) is 0 Å². The van der Waals surface area contributed by atoms with E-state index >= 15 is 0 Å². The van der Waals surface area contributed by atoms with Gasteiger partial charge in [-0.05, 0) is 30.2 Å². The van der Waals surface area contributed by atoms with Crippen LogP contribution in [0.5, 0.6) is 5.75 Å². The summed E-state index contributed by atoms with van der Waals surface area (Å²) in [7, 11) is 0. The number of hydrogen-bond acceptors (Lipinski definition) is 2. The van der Waals surface area contributed by atoms with Gasteiger partial charge < -0.3 is 10.1 Å². The number of ether oxygens (including phenoxy) is 1. The van der Waals surface area contributed by atoms with Gasteiger partial charge in [-0.2, -0.15) is 0 Å². The molecule has 0 aliphatic carbocycles. The fourth-order valence-corrected chi connectivity index (χ4v) is 2.77. The maximum atomic E-state index is 6.23. The molecule has 2 nitrogen and oxygen atoms in total. The Bertz CT molecular complexity index is 605. The number of rotatable bonds is 7. The zero-order valence-corrected chi connectivity index (χ0v) is 14.0. The highest BCUT2D eigenvalue weighted by molar-refractivity contribution is 6.37. The van der Waals surface area contributed by atoms with Gasteiger partial charge >= 0.3 is 0 Å². The third-order valence-electron chi connectivity index (χ3n) is 3.32. The molecule has 1 atom stereocenters. The molecule has 2 aromatic rings. The minimum Gasteiger partial charge on any atom is -0.486 e. The lowest BCUT2D eigenvalue weighted by molar-refractivity contribution is 0.363. The summed E-state index contributed by atoms with van der Waals surface area (Å²) in [5, 5.41) is 4.48. The summed E-state index contributed by atoms with van der Waals surface area (Å²) in [6.45, 7) is 6.79. The molecule has 0 radical (unpaired) electrons. The summed E-state index contributed by atoms with van der Waals surface area (Å²) in [5.74, 6) is 0.503. The average molecular weight is 336 g/mol. The van der Waals surface area contributed by atoms with Crippen LogP contribution in [0.2, 0.25) is 10.0 Å². The molecular formula is C18H19Cl2NO. The number of benzene rings is 2. The lowest BCUT2D eigenvalue weighted by Crippen LogP contribution is -2.18. The van der Waals surface area contributed by atoms with E-state index < -0.39 is 0 Å². The van der Waals surface area contributed by atoms with Crippen LogP contribution in [0.3, 0.4) is 0 Å². The molecule has 4 heteroatoms. The van der Waals surface area contributed by atoms with E-state index in [1.165, 1.54) is 5.56 Å². The van der Waals surface area contributed by atoms with Crippen molar-refractivity contribution in [3.63, 3.8) is 0 Å². The summed E-state index contributed by atoms with van der Waals surface area (Å²) < 4.78 is 5.46. The smallest absolute Gasteiger partial charge is 0.156 e. The van der Waals surface area contributed by atoms with E-state index in [1.807, 2.05) is 30.3 Å². The zero-order valence-electron chi connectivity index (χ0n) is 12.5. The highest BCUT2D eigenvalue weighted by Crippen LogP contribution is 2.34. The van der Waals surface area contributed by atoms with Crippen LogP contribution >= 0.6 is 23.2 Å². The molecule has 116 valence electrons. The van der Waals surface area contributed by atoms with Crippen molar-refractivity contribution in [2.75, 3.05) is 6.61 Å². The topological polar surface area (TPSA) is 21.3 Å². The van der Waals surface area contributed by atoms with Gasteiger partial charge in [-0.15, -0.1) is 0 Å². The summed E-state index contributed by atoms with van der Waals surface area (Å²) in [6.07, 6.45) is 1.66. The fourth-order valence-electron chi connectivity index (χ4n) is 2.13. The van der Waals surface area contributed by atoms with Gasteiger partial charge in [0, 0.05) is 12.6 Å². The van der Waals surface area contributed by atoms with Gasteiger partial charge in [0.2, 0.25) is 0 Å². The largest absolute Gasteiger partial charge is 0.486 e. The Balaban J connectivity index is 2.03. The van der Waals surface area contributed by atoms with Crippen LogP contribution in [-0.4, -0.2) is 6.61 Å². The molecule has 1 unspecified atom stereocenters. The summed E-state index contributed by atoms with van der Waals surface area (Å²) >= 11 is 12.5. The maximum Gasteiger partial charge on any atom is 0.156 e. The van der Waals surface area contributed by atoms with Crippen LogP contribution in [0.1, 0.15) is 24.1 Å². The van der Waals surface area contributed by atoms with Crippen molar-refractivity contribution >= 4 is 23.2 Å². The molecule has 0 aliphatic rings. The Hall–Kier alpha value is -1.48. The second kappa shape index (κ2) is 8.23. The minimum atomic E-state index is 0.246. The molecule has 0 saturated heterocycles. The number of hydrogen-bond donors (Lipinski definition) is 1. The molecule has 0 saturated carbocycles. The van der Waals surface area contributed by atoms with Gasteiger partial charge in [-0.25, -0.2) is 0 Å². The normalized spacial score (nSPS) is 12.0. The third-order valence-corrected chi connectivity index (χ3v) is 3.88. The van der Waals surface area contributed by atoms with Crippen molar-refractivity contribution in [1.82, 2.24) is 5.32 Å². The molecule has 22 heavy (non-hydrogen) atoms. The molecule has 0 fully saturated rings. The Morgan fingerprint density at radius 1 is 1.18 bits per heavy atom. The zero-order chi connectivity index (χ0) is 15.9. The van der Waals surface area contributed by atoms with Crippen molar-refractivity contribution in [1.29, 1.82) is 0 Å². The Kier molecular flexibility index (Phi) is 6.32. The van der Waals surface area contributed by atoms with Crippen molar-refractivity contribution < 1.29 is 4.74 Å². The van der Waals surface area contributed by atoms with E-state index in [2.05, 4.69) is 31.0 Å². The molecule has 0 amide bonds. The van der Waals surface area contributed by atoms with Gasteiger partial charge in [0.1, 0.15) is 6.61 Å². The SMILES string of the molecule is C=CCOc1c(Cl)cc(CNC(C)c2ccccc2)cc1Cl. The van der Waals surface area contributed by atoms with E-state index in [-0.39, 0.29) is 6.04 Å². The summed E-state index contributed by atoms with van der Waals surface area (Å²) in [5.41, 5.74) is 2.26. The minimum absolute atomic E-state index is 0.246. The number of nitrogens with one attached hydrogen (secondary N) is 1. The quantitative estimate of drug-likeness (QED) is 0.683. The lowest BCUT2D eigenvalue weighted by Gasteiger charge is -2.15. The lowest BCUT2D eigenvalue weighted by atomic mass is 10.1. The van der Waals surface area contributed by atoms with E-state index in [4.69, 9.17) is 27.9 Å². The predicted octanol–water partition coefficient (Wildman–Crippen LogP) is 5.41. The first-order valence-electron chi connectivity index (χ1n) is 7.11. The van der Waals surface area contributed by atoms with Gasteiger partial charge in [0.15, 0.2) is 5.75 Å². The molecule has 0 aromatic heterocycles. The van der Waals surface area contributed by atoms with Crippen LogP contribution in [-0.2, 0) is 6.54 Å². The first kappa shape index (κ1) is 16.9. The van der Waals surface area contributed by atoms with Crippen molar-refractivity contribution in [2.24, 2.45) is 0 Å². The monoisotopic (exact) mass is 335 g/mol. The highest BCUT2D eigenvalue weighted by Gasteiger charge is 2.10. The second-order valence-electron chi connectivity index (χ2n) is 5.00. The highest BCUT2D eigenvalue weighted by atomic mass is 35.5. The molecular weight excluding hydrogens is 317 g/mol. The predicted molar refractivity (Wildman–Crippen MR) is 93.9 cm³/mol. The second-order valence-corrected chi connectivity index (χ2v) is 5.82. The van der Waals surface area contributed by atoms with Gasteiger partial charge in [0.25, 0.3) is 0 Å². The van der Waals surface area contributed by atoms with Crippen LogP contribution in [0.4, 0.5) is 0 Å². The van der Waals surface area contributed by atoms with Crippen LogP contribution < -0.4 is 10.1 Å². The van der Waals surface area contributed by atoms with E-state index in [0.717, 1.165) is 5.56 Å². The number of halogens is 2. The molecule has 0 spiro atoms. The summed E-state index contributed by atoms with van der Waals surface area (Å²) in [6, 6.07) is 14.3. The fraction of sp³-hybridized carbons (Fsp3) is 0.222. The first-order valence-corrected chi connectivity index (χ1v) is 7.87. The van der Waals surface area contributed by atoms with Gasteiger partial charge in [-0.3, -0.25) is 0 Å². The van der Waals surface area contributed by atoms with Crippen LogP contribution in [0, 0.1) is 0 Å². The molecule has 0 aliphatic heterocycles. The first-order chi connectivity index (χ1) is 10.6. The van der Waals surface area contributed by atoms with Crippen LogP contribution in [0.15, 0.2) is 55.1 Å². The van der Waals surface area contributed by atoms with E-state index in [0.29, 0.717) is 28.9 Å². The molecule has 2 rings (SSSR count). The maximum absolute atomic E-state index is 6.23. The Morgan fingerprint density at radius 3 is 2.41 bits per heavy atom. The Labute approximate surface area is 141 Å². The van der Waals surface area contributed by atoms with E-state index in [1.54, 1.807) is 6.08 Å². The third kappa shape index (κ3) is 4.51. The van der Waals surface area contributed by atoms with Crippen molar-refractivity contribution in [2.45, 2.75) is 19.5 Å². The van der Waals surface area contributed by atoms with Crippen molar-refractivity contribution in [3.8, 4) is 5.75 Å².